The molecular formula is C23H26N4O6S. The lowest BCUT2D eigenvalue weighted by Crippen LogP contribution is -2.41. The first-order valence-electron chi connectivity index (χ1n) is 10.8. The van der Waals surface area contributed by atoms with Crippen molar-refractivity contribution in [2.24, 2.45) is 0 Å². The van der Waals surface area contributed by atoms with Crippen LogP contribution in [0.25, 0.3) is 0 Å². The minimum Gasteiger partial charge on any atom is -0.354 e. The molecule has 180 valence electrons. The van der Waals surface area contributed by atoms with E-state index < -0.39 is 40.2 Å². The first-order valence-corrected chi connectivity index (χ1v) is 12.3. The maximum atomic E-state index is 12.3. The second-order valence-electron chi connectivity index (χ2n) is 7.67. The Balaban J connectivity index is 1.46. The molecule has 4 amide bonds. The van der Waals surface area contributed by atoms with Crippen molar-refractivity contribution in [1.29, 1.82) is 0 Å². The smallest absolute Gasteiger partial charge is 0.262 e. The number of imide groups is 1. The van der Waals surface area contributed by atoms with Crippen molar-refractivity contribution < 1.29 is 27.6 Å². The molecule has 0 saturated carbocycles. The van der Waals surface area contributed by atoms with E-state index in [-0.39, 0.29) is 29.0 Å². The van der Waals surface area contributed by atoms with Gasteiger partial charge in [-0.15, -0.1) is 0 Å². The second-order valence-corrected chi connectivity index (χ2v) is 9.44. The third kappa shape index (κ3) is 6.06. The number of amides is 4. The zero-order valence-corrected chi connectivity index (χ0v) is 19.5. The summed E-state index contributed by atoms with van der Waals surface area (Å²) in [5.74, 6) is -2.08. The number of nitrogens with zero attached hydrogens (tertiary/aromatic N) is 1. The van der Waals surface area contributed by atoms with Crippen molar-refractivity contribution in [3.63, 3.8) is 0 Å². The highest BCUT2D eigenvalue weighted by atomic mass is 32.2. The standard InChI is InChI=1S/C23H26N4O6S/c1-2-3-12-25-34(32,33)17-8-6-7-16(14-17)26-20(28)11-13-24-21(29)15-27-22(30)18-9-4-5-10-19(18)23(27)31/h4-10,14,25H,2-3,11-13,15H2,1H3,(H,24,29)(H,26,28). The van der Waals surface area contributed by atoms with E-state index in [0.29, 0.717) is 18.7 Å². The molecule has 0 bridgehead atoms. The quantitative estimate of drug-likeness (QED) is 0.325. The van der Waals surface area contributed by atoms with Gasteiger partial charge in [-0.2, -0.15) is 0 Å². The van der Waals surface area contributed by atoms with Crippen LogP contribution in [0, 0.1) is 0 Å². The molecule has 0 radical (unpaired) electrons. The summed E-state index contributed by atoms with van der Waals surface area (Å²) in [6.45, 7) is 1.82. The van der Waals surface area contributed by atoms with Crippen LogP contribution in [0.15, 0.2) is 53.4 Å². The molecule has 0 aromatic heterocycles. The number of sulfonamides is 1. The van der Waals surface area contributed by atoms with E-state index in [1.807, 2.05) is 6.92 Å². The molecule has 0 aliphatic carbocycles. The summed E-state index contributed by atoms with van der Waals surface area (Å²) in [7, 11) is -3.68. The van der Waals surface area contributed by atoms with E-state index in [0.717, 1.165) is 11.3 Å². The molecular weight excluding hydrogens is 460 g/mol. The lowest BCUT2D eigenvalue weighted by molar-refractivity contribution is -0.121. The molecule has 2 aromatic carbocycles. The lowest BCUT2D eigenvalue weighted by atomic mass is 10.1. The number of hydrogen-bond acceptors (Lipinski definition) is 6. The molecule has 3 N–H and O–H groups in total. The third-order valence-corrected chi connectivity index (χ3v) is 6.56. The van der Waals surface area contributed by atoms with Gasteiger partial charge in [0.2, 0.25) is 21.8 Å². The van der Waals surface area contributed by atoms with E-state index in [1.165, 1.54) is 30.3 Å². The molecule has 1 aliphatic heterocycles. The monoisotopic (exact) mass is 486 g/mol. The van der Waals surface area contributed by atoms with Crippen molar-refractivity contribution in [3.05, 3.63) is 59.7 Å². The fourth-order valence-electron chi connectivity index (χ4n) is 3.33. The van der Waals surface area contributed by atoms with E-state index in [9.17, 15) is 27.6 Å². The third-order valence-electron chi connectivity index (χ3n) is 5.10. The topological polar surface area (TPSA) is 142 Å². The summed E-state index contributed by atoms with van der Waals surface area (Å²) in [6.07, 6.45) is 1.49. The van der Waals surface area contributed by atoms with Gasteiger partial charge in [-0.25, -0.2) is 13.1 Å². The van der Waals surface area contributed by atoms with Crippen LogP contribution >= 0.6 is 0 Å². The second kappa shape index (κ2) is 11.0. The summed E-state index contributed by atoms with van der Waals surface area (Å²) >= 11 is 0. The zero-order chi connectivity index (χ0) is 24.7. The number of rotatable bonds is 11. The fourth-order valence-corrected chi connectivity index (χ4v) is 4.45. The number of anilines is 1. The highest BCUT2D eigenvalue weighted by Crippen LogP contribution is 2.22. The predicted octanol–water partition coefficient (Wildman–Crippen LogP) is 1.51. The molecule has 10 nitrogen and oxygen atoms in total. The van der Waals surface area contributed by atoms with Gasteiger partial charge >= 0.3 is 0 Å². The van der Waals surface area contributed by atoms with E-state index >= 15 is 0 Å². The summed E-state index contributed by atoms with van der Waals surface area (Å²) in [6, 6.07) is 12.2. The number of hydrogen-bond donors (Lipinski definition) is 3. The van der Waals surface area contributed by atoms with Crippen LogP contribution < -0.4 is 15.4 Å². The van der Waals surface area contributed by atoms with Crippen molar-refractivity contribution in [2.75, 3.05) is 25.0 Å². The maximum absolute atomic E-state index is 12.3. The molecule has 2 aromatic rings. The Morgan fingerprint density at radius 2 is 1.59 bits per heavy atom. The molecule has 0 fully saturated rings. The highest BCUT2D eigenvalue weighted by Gasteiger charge is 2.36. The first kappa shape index (κ1) is 25.1. The average Bonchev–Trinajstić information content (AvgIpc) is 3.04. The van der Waals surface area contributed by atoms with Gasteiger partial charge in [0, 0.05) is 25.2 Å². The van der Waals surface area contributed by atoms with Gasteiger partial charge in [-0.05, 0) is 36.8 Å². The lowest BCUT2D eigenvalue weighted by Gasteiger charge is -2.13. The minimum atomic E-state index is -3.68. The van der Waals surface area contributed by atoms with Crippen LogP contribution in [-0.4, -0.2) is 56.6 Å². The Morgan fingerprint density at radius 3 is 2.24 bits per heavy atom. The largest absolute Gasteiger partial charge is 0.354 e. The van der Waals surface area contributed by atoms with Crippen LogP contribution in [0.4, 0.5) is 5.69 Å². The Morgan fingerprint density at radius 1 is 0.912 bits per heavy atom. The molecule has 0 saturated heterocycles. The van der Waals surface area contributed by atoms with Gasteiger partial charge in [-0.3, -0.25) is 24.1 Å². The Bertz CT molecular complexity index is 1180. The number of nitrogens with one attached hydrogen (secondary N) is 3. The number of carbonyl (C=O) groups excluding carboxylic acids is 4. The number of carbonyl (C=O) groups is 4. The Kier molecular flexibility index (Phi) is 8.13. The van der Waals surface area contributed by atoms with Gasteiger partial charge in [0.25, 0.3) is 11.8 Å². The molecule has 0 unspecified atom stereocenters. The van der Waals surface area contributed by atoms with Gasteiger partial charge < -0.3 is 10.6 Å². The molecule has 0 atom stereocenters. The molecule has 3 rings (SSSR count). The van der Waals surface area contributed by atoms with Crippen LogP contribution in [0.3, 0.4) is 0 Å². The first-order chi connectivity index (χ1) is 16.2. The molecule has 1 aliphatic rings. The van der Waals surface area contributed by atoms with Crippen molar-refractivity contribution in [1.82, 2.24) is 14.9 Å². The molecule has 34 heavy (non-hydrogen) atoms. The van der Waals surface area contributed by atoms with Crippen molar-refractivity contribution in [2.45, 2.75) is 31.1 Å². The SMILES string of the molecule is CCCCNS(=O)(=O)c1cccc(NC(=O)CCNC(=O)CN2C(=O)c3ccccc3C2=O)c1. The van der Waals surface area contributed by atoms with Crippen molar-refractivity contribution >= 4 is 39.3 Å². The summed E-state index contributed by atoms with van der Waals surface area (Å²) in [5, 5.41) is 5.10. The fraction of sp³-hybridized carbons (Fsp3) is 0.304. The zero-order valence-electron chi connectivity index (χ0n) is 18.7. The summed E-state index contributed by atoms with van der Waals surface area (Å²) in [5.41, 5.74) is 0.815. The average molecular weight is 487 g/mol. The highest BCUT2D eigenvalue weighted by molar-refractivity contribution is 7.89. The maximum Gasteiger partial charge on any atom is 0.262 e. The molecule has 1 heterocycles. The summed E-state index contributed by atoms with van der Waals surface area (Å²) < 4.78 is 27.2. The van der Waals surface area contributed by atoms with Gasteiger partial charge in [0.1, 0.15) is 6.54 Å². The number of benzene rings is 2. The van der Waals surface area contributed by atoms with Gasteiger partial charge in [-0.1, -0.05) is 31.5 Å². The minimum absolute atomic E-state index is 0.0234. The summed E-state index contributed by atoms with van der Waals surface area (Å²) in [4.78, 5) is 49.9. The van der Waals surface area contributed by atoms with Gasteiger partial charge in [0.15, 0.2) is 0 Å². The normalized spacial score (nSPS) is 13.0. The van der Waals surface area contributed by atoms with Crippen LogP contribution in [0.2, 0.25) is 0 Å². The molecule has 0 spiro atoms. The van der Waals surface area contributed by atoms with Crippen LogP contribution in [0.5, 0.6) is 0 Å². The molecule has 11 heteroatoms. The Labute approximate surface area is 197 Å². The van der Waals surface area contributed by atoms with Gasteiger partial charge in [0.05, 0.1) is 16.0 Å². The predicted molar refractivity (Wildman–Crippen MR) is 125 cm³/mol. The van der Waals surface area contributed by atoms with E-state index in [1.54, 1.807) is 18.2 Å². The Hall–Kier alpha value is -3.57. The van der Waals surface area contributed by atoms with E-state index in [4.69, 9.17) is 0 Å². The van der Waals surface area contributed by atoms with Crippen LogP contribution in [-0.2, 0) is 19.6 Å². The van der Waals surface area contributed by atoms with E-state index in [2.05, 4.69) is 15.4 Å². The van der Waals surface area contributed by atoms with Crippen LogP contribution in [0.1, 0.15) is 46.9 Å². The number of fused-ring (bicyclic) bond motifs is 1. The number of unbranched alkanes of at least 4 members (excludes halogenated alkanes) is 1. The van der Waals surface area contributed by atoms with Crippen molar-refractivity contribution in [3.8, 4) is 0 Å².